The number of aromatic amines is 1. The van der Waals surface area contributed by atoms with Crippen LogP contribution in [0.1, 0.15) is 34.8 Å². The number of rotatable bonds is 9. The first kappa shape index (κ1) is 29.7. The Labute approximate surface area is 220 Å². The molecule has 0 unspecified atom stereocenters. The summed E-state index contributed by atoms with van der Waals surface area (Å²) in [6.07, 6.45) is -4.96. The van der Waals surface area contributed by atoms with Gasteiger partial charge in [-0.25, -0.2) is 14.4 Å². The fourth-order valence-corrected chi connectivity index (χ4v) is 3.60. The van der Waals surface area contributed by atoms with Crippen molar-refractivity contribution in [1.29, 1.82) is 5.26 Å². The van der Waals surface area contributed by atoms with Gasteiger partial charge in [0.1, 0.15) is 11.9 Å². The summed E-state index contributed by atoms with van der Waals surface area (Å²) in [5.41, 5.74) is -5.18. The number of halogens is 7. The number of hydrogen-bond acceptors (Lipinski definition) is 7. The van der Waals surface area contributed by atoms with Gasteiger partial charge in [-0.2, -0.15) is 27.2 Å². The van der Waals surface area contributed by atoms with E-state index in [1.165, 1.54) is 20.1 Å². The molecule has 0 aliphatic rings. The van der Waals surface area contributed by atoms with Crippen LogP contribution in [0.15, 0.2) is 28.0 Å². The van der Waals surface area contributed by atoms with E-state index < -0.39 is 58.3 Å². The van der Waals surface area contributed by atoms with Gasteiger partial charge in [-0.05, 0) is 19.4 Å². The van der Waals surface area contributed by atoms with Gasteiger partial charge in [-0.1, -0.05) is 11.6 Å². The zero-order valence-corrected chi connectivity index (χ0v) is 20.9. The molecule has 0 bridgehead atoms. The predicted molar refractivity (Wildman–Crippen MR) is 124 cm³/mol. The molecular weight excluding hydrogens is 560 g/mol. The van der Waals surface area contributed by atoms with Crippen molar-refractivity contribution in [1.82, 2.24) is 19.5 Å². The average Bonchev–Trinajstić information content (AvgIpc) is 2.84. The Kier molecular flexibility index (Phi) is 8.71. The molecule has 2 aromatic heterocycles. The van der Waals surface area contributed by atoms with Crippen LogP contribution in [0, 0.1) is 24.1 Å². The number of nitriles is 1. The minimum atomic E-state index is -6.21. The highest BCUT2D eigenvalue weighted by molar-refractivity contribution is 6.30. The van der Waals surface area contributed by atoms with Crippen molar-refractivity contribution in [3.05, 3.63) is 78.3 Å². The summed E-state index contributed by atoms with van der Waals surface area (Å²) in [5.74, 6) is -9.64. The Morgan fingerprint density at radius 2 is 1.90 bits per heavy atom. The summed E-state index contributed by atoms with van der Waals surface area (Å²) in [7, 11) is 1.49. The molecule has 0 atom stereocenters. The first-order chi connectivity index (χ1) is 18.2. The molecule has 0 saturated heterocycles. The van der Waals surface area contributed by atoms with Crippen LogP contribution in [0.5, 0.6) is 11.5 Å². The normalized spacial score (nSPS) is 11.9. The number of H-pyrrole nitrogens is 1. The van der Waals surface area contributed by atoms with Crippen LogP contribution in [0.4, 0.5) is 26.3 Å². The minimum absolute atomic E-state index is 0.128. The second kappa shape index (κ2) is 11.5. The summed E-state index contributed by atoms with van der Waals surface area (Å²) in [5, 5.41) is 8.68. The molecule has 39 heavy (non-hydrogen) atoms. The van der Waals surface area contributed by atoms with Crippen LogP contribution in [-0.2, 0) is 23.6 Å². The zero-order valence-electron chi connectivity index (χ0n) is 20.1. The number of benzene rings is 1. The van der Waals surface area contributed by atoms with Crippen molar-refractivity contribution < 1.29 is 35.8 Å². The summed E-state index contributed by atoms with van der Waals surface area (Å²) < 4.78 is 93.2. The van der Waals surface area contributed by atoms with Gasteiger partial charge < -0.3 is 14.5 Å². The van der Waals surface area contributed by atoms with E-state index in [-0.39, 0.29) is 16.3 Å². The van der Waals surface area contributed by atoms with Crippen molar-refractivity contribution in [2.24, 2.45) is 0 Å². The fourth-order valence-electron chi connectivity index (χ4n) is 3.39. The minimum Gasteiger partial charge on any atom is -0.446 e. The van der Waals surface area contributed by atoms with Crippen molar-refractivity contribution >= 4 is 11.6 Å². The molecule has 3 aromatic rings. The third kappa shape index (κ3) is 6.23. The lowest BCUT2D eigenvalue weighted by Crippen LogP contribution is -2.38. The molecule has 0 aliphatic heterocycles. The maximum atomic E-state index is 14.6. The Morgan fingerprint density at radius 3 is 2.49 bits per heavy atom. The van der Waals surface area contributed by atoms with E-state index in [0.29, 0.717) is 42.2 Å². The fraction of sp³-hybridized carbons (Fsp3) is 0.348. The predicted octanol–water partition coefficient (Wildman–Crippen LogP) is 4.37. The molecule has 0 saturated carbocycles. The Morgan fingerprint density at radius 1 is 1.21 bits per heavy atom. The van der Waals surface area contributed by atoms with Gasteiger partial charge in [0.2, 0.25) is 5.75 Å². The van der Waals surface area contributed by atoms with Crippen molar-refractivity contribution in [2.75, 3.05) is 13.7 Å². The number of methoxy groups -OCH3 is 1. The van der Waals surface area contributed by atoms with Crippen LogP contribution in [0.25, 0.3) is 0 Å². The summed E-state index contributed by atoms with van der Waals surface area (Å²) in [4.78, 5) is 35.6. The standard InChI is InChI=1S/C23H18ClF6N5O4/c1-11-14(20(36)34-16(33-11)4-3-5-38-2)9-35-10-32-19(22(26,27)23(28,29)30)18(21(35)37)39-15-7-13(24)6-12(8-31)17(15)25/h6-7,10H,3-5,9H2,1-2H3,(H,33,34,36). The zero-order chi connectivity index (χ0) is 29.1. The second-order valence-corrected chi connectivity index (χ2v) is 8.52. The molecule has 16 heteroatoms. The smallest absolute Gasteiger partial charge is 0.446 e. The molecule has 0 spiro atoms. The van der Waals surface area contributed by atoms with E-state index in [0.717, 1.165) is 6.07 Å². The van der Waals surface area contributed by atoms with Gasteiger partial charge in [0.05, 0.1) is 24.0 Å². The molecule has 3 rings (SSSR count). The molecular formula is C23H18ClF6N5O4. The van der Waals surface area contributed by atoms with Gasteiger partial charge in [-0.3, -0.25) is 14.2 Å². The number of nitrogens with one attached hydrogen (secondary N) is 1. The van der Waals surface area contributed by atoms with Crippen molar-refractivity contribution in [2.45, 2.75) is 38.4 Å². The lowest BCUT2D eigenvalue weighted by molar-refractivity contribution is -0.291. The quantitative estimate of drug-likeness (QED) is 0.296. The van der Waals surface area contributed by atoms with E-state index in [1.54, 1.807) is 0 Å². The molecule has 0 radical (unpaired) electrons. The Balaban J connectivity index is 2.15. The molecule has 0 amide bonds. The van der Waals surface area contributed by atoms with Crippen molar-refractivity contribution in [3.63, 3.8) is 0 Å². The Hall–Kier alpha value is -3.90. The highest BCUT2D eigenvalue weighted by atomic mass is 35.5. The number of nitrogens with zero attached hydrogens (tertiary/aromatic N) is 4. The van der Waals surface area contributed by atoms with Gasteiger partial charge >= 0.3 is 12.1 Å². The number of aromatic nitrogens is 4. The van der Waals surface area contributed by atoms with Crippen LogP contribution in [0.3, 0.4) is 0 Å². The molecule has 9 nitrogen and oxygen atoms in total. The second-order valence-electron chi connectivity index (χ2n) is 8.08. The highest BCUT2D eigenvalue weighted by Crippen LogP contribution is 2.46. The molecule has 0 aliphatic carbocycles. The highest BCUT2D eigenvalue weighted by Gasteiger charge is 2.62. The topological polar surface area (TPSA) is 123 Å². The number of alkyl halides is 5. The molecule has 1 aromatic carbocycles. The number of aryl methyl sites for hydroxylation is 2. The molecule has 208 valence electrons. The van der Waals surface area contributed by atoms with Gasteiger partial charge in [-0.15, -0.1) is 0 Å². The number of hydrogen-bond donors (Lipinski definition) is 1. The molecule has 2 heterocycles. The summed E-state index contributed by atoms with van der Waals surface area (Å²) in [6, 6.07) is 2.92. The van der Waals surface area contributed by atoms with Crippen LogP contribution in [-0.4, -0.2) is 39.4 Å². The van der Waals surface area contributed by atoms with Crippen LogP contribution >= 0.6 is 11.6 Å². The number of ether oxygens (including phenoxy) is 2. The third-order valence-electron chi connectivity index (χ3n) is 5.35. The molecule has 1 N–H and O–H groups in total. The molecule has 0 fully saturated rings. The van der Waals surface area contributed by atoms with Crippen LogP contribution < -0.4 is 15.9 Å². The summed E-state index contributed by atoms with van der Waals surface area (Å²) in [6.45, 7) is 1.16. The first-order valence-electron chi connectivity index (χ1n) is 10.9. The summed E-state index contributed by atoms with van der Waals surface area (Å²) >= 11 is 5.76. The largest absolute Gasteiger partial charge is 0.459 e. The maximum absolute atomic E-state index is 14.6. The monoisotopic (exact) mass is 577 g/mol. The van der Waals surface area contributed by atoms with Gasteiger partial charge in [0, 0.05) is 36.9 Å². The third-order valence-corrected chi connectivity index (χ3v) is 5.57. The van der Waals surface area contributed by atoms with Gasteiger partial charge in [0.15, 0.2) is 17.3 Å². The van der Waals surface area contributed by atoms with E-state index >= 15 is 0 Å². The lowest BCUT2D eigenvalue weighted by atomic mass is 10.2. The van der Waals surface area contributed by atoms with E-state index in [4.69, 9.17) is 26.3 Å². The van der Waals surface area contributed by atoms with E-state index in [9.17, 15) is 35.9 Å². The van der Waals surface area contributed by atoms with Crippen LogP contribution in [0.2, 0.25) is 5.02 Å². The Bertz CT molecular complexity index is 1550. The average molecular weight is 578 g/mol. The first-order valence-corrected chi connectivity index (χ1v) is 11.3. The van der Waals surface area contributed by atoms with E-state index in [1.807, 2.05) is 0 Å². The lowest BCUT2D eigenvalue weighted by Gasteiger charge is -2.22. The van der Waals surface area contributed by atoms with Gasteiger partial charge in [0.25, 0.3) is 11.1 Å². The van der Waals surface area contributed by atoms with Crippen molar-refractivity contribution in [3.8, 4) is 17.6 Å². The van der Waals surface area contributed by atoms with E-state index in [2.05, 4.69) is 15.0 Å². The maximum Gasteiger partial charge on any atom is 0.459 e. The SMILES string of the molecule is COCCCc1nc(C)c(Cn2cnc(C(F)(F)C(F)(F)F)c(Oc3cc(Cl)cc(C#N)c3F)c2=O)c(=O)[nH]1.